The number of hydrogen-bond donors (Lipinski definition) is 0. The van der Waals surface area contributed by atoms with Crippen LogP contribution in [0.2, 0.25) is 0 Å². The number of ether oxygens (including phenoxy) is 1. The van der Waals surface area contributed by atoms with Gasteiger partial charge in [-0.3, -0.25) is 4.79 Å². The molecule has 0 bridgehead atoms. The topological polar surface area (TPSA) is 75.1 Å². The average Bonchev–Trinajstić information content (AvgIpc) is 3.09. The fourth-order valence-corrected chi connectivity index (χ4v) is 3.50. The number of aryl methyl sites for hydroxylation is 1. The first-order valence-electron chi connectivity index (χ1n) is 9.24. The van der Waals surface area contributed by atoms with E-state index >= 15 is 0 Å². The van der Waals surface area contributed by atoms with Gasteiger partial charge in [0.25, 0.3) is 0 Å². The van der Waals surface area contributed by atoms with Crippen LogP contribution in [0.15, 0.2) is 59.7 Å². The summed E-state index contributed by atoms with van der Waals surface area (Å²) >= 11 is 0. The molecule has 2 aromatic rings. The van der Waals surface area contributed by atoms with E-state index < -0.39 is 6.10 Å². The van der Waals surface area contributed by atoms with Gasteiger partial charge in [0.2, 0.25) is 0 Å². The van der Waals surface area contributed by atoms with Gasteiger partial charge in [-0.2, -0.15) is 0 Å². The highest BCUT2D eigenvalue weighted by Crippen LogP contribution is 2.36. The first kappa shape index (κ1) is 18.7. The maximum absolute atomic E-state index is 11.7. The zero-order valence-electron chi connectivity index (χ0n) is 15.5. The van der Waals surface area contributed by atoms with E-state index in [0.29, 0.717) is 6.54 Å². The van der Waals surface area contributed by atoms with Gasteiger partial charge in [0, 0.05) is 18.4 Å². The van der Waals surface area contributed by atoms with E-state index in [9.17, 15) is 4.79 Å². The van der Waals surface area contributed by atoms with Crippen molar-refractivity contribution in [3.8, 4) is 0 Å². The Morgan fingerprint density at radius 2 is 2.04 bits per heavy atom. The predicted octanol–water partition coefficient (Wildman–Crippen LogP) is 5.76. The number of rotatable bonds is 7. The summed E-state index contributed by atoms with van der Waals surface area (Å²) in [5.74, 6) is -0.293. The van der Waals surface area contributed by atoms with Crippen LogP contribution in [0.5, 0.6) is 0 Å². The molecular weight excluding hydrogens is 338 g/mol. The van der Waals surface area contributed by atoms with Crippen molar-refractivity contribution in [3.63, 3.8) is 0 Å². The van der Waals surface area contributed by atoms with Crippen molar-refractivity contribution in [2.45, 2.75) is 38.7 Å². The Kier molecular flexibility index (Phi) is 6.29. The van der Waals surface area contributed by atoms with E-state index in [1.165, 1.54) is 23.6 Å². The molecule has 0 aromatic heterocycles. The molecule has 0 fully saturated rings. The van der Waals surface area contributed by atoms with E-state index in [4.69, 9.17) is 10.3 Å². The Balaban J connectivity index is 1.87. The fraction of sp³-hybridized carbons (Fsp3) is 0.318. The summed E-state index contributed by atoms with van der Waals surface area (Å²) < 4.78 is 5.64. The number of fused-ring (bicyclic) bond motifs is 1. The zero-order valence-corrected chi connectivity index (χ0v) is 15.5. The third-order valence-electron chi connectivity index (χ3n) is 4.75. The van der Waals surface area contributed by atoms with Crippen molar-refractivity contribution in [2.75, 3.05) is 6.54 Å². The van der Waals surface area contributed by atoms with Gasteiger partial charge < -0.3 is 4.74 Å². The lowest BCUT2D eigenvalue weighted by Crippen LogP contribution is -2.10. The predicted molar refractivity (Wildman–Crippen MR) is 106 cm³/mol. The minimum absolute atomic E-state index is 0.293. The first-order valence-corrected chi connectivity index (χ1v) is 9.24. The Morgan fingerprint density at radius 1 is 1.22 bits per heavy atom. The maximum atomic E-state index is 11.7. The van der Waals surface area contributed by atoms with Crippen LogP contribution >= 0.6 is 0 Å². The van der Waals surface area contributed by atoms with Crippen LogP contribution in [0.1, 0.15) is 54.5 Å². The SMILES string of the molecule is CC(=O)OC(c1ccccc1)c1ccc2c(c1)C(=CCCCN=[N+]=[N-])CC2. The van der Waals surface area contributed by atoms with Crippen molar-refractivity contribution in [1.29, 1.82) is 0 Å². The van der Waals surface area contributed by atoms with Crippen LogP contribution in [-0.2, 0) is 16.0 Å². The molecule has 0 aliphatic heterocycles. The average molecular weight is 361 g/mol. The van der Waals surface area contributed by atoms with Gasteiger partial charge in [-0.25, -0.2) is 0 Å². The summed E-state index contributed by atoms with van der Waals surface area (Å²) in [6.07, 6.45) is 5.63. The van der Waals surface area contributed by atoms with Crippen LogP contribution in [-0.4, -0.2) is 12.5 Å². The molecule has 1 aliphatic rings. The molecule has 0 saturated carbocycles. The van der Waals surface area contributed by atoms with Crippen molar-refractivity contribution < 1.29 is 9.53 Å². The van der Waals surface area contributed by atoms with Gasteiger partial charge in [0.1, 0.15) is 0 Å². The highest BCUT2D eigenvalue weighted by atomic mass is 16.5. The molecule has 138 valence electrons. The van der Waals surface area contributed by atoms with E-state index in [2.05, 4.69) is 34.3 Å². The van der Waals surface area contributed by atoms with Crippen LogP contribution in [0, 0.1) is 0 Å². The second-order valence-electron chi connectivity index (χ2n) is 6.64. The molecule has 0 spiro atoms. The highest BCUT2D eigenvalue weighted by molar-refractivity contribution is 5.73. The number of carbonyl (C=O) groups is 1. The third kappa shape index (κ3) is 4.78. The number of azide groups is 1. The Morgan fingerprint density at radius 3 is 2.78 bits per heavy atom. The minimum Gasteiger partial charge on any atom is -0.453 e. The van der Waals surface area contributed by atoms with E-state index in [0.717, 1.165) is 36.8 Å². The van der Waals surface area contributed by atoms with Crippen LogP contribution < -0.4 is 0 Å². The van der Waals surface area contributed by atoms with Gasteiger partial charge in [-0.05, 0) is 65.1 Å². The Labute approximate surface area is 159 Å². The maximum Gasteiger partial charge on any atom is 0.303 e. The number of unbranched alkanes of at least 4 members (excludes halogenated alkanes) is 1. The van der Waals surface area contributed by atoms with Crippen LogP contribution in [0.4, 0.5) is 0 Å². The number of carbonyl (C=O) groups excluding carboxylic acids is 1. The van der Waals surface area contributed by atoms with E-state index in [-0.39, 0.29) is 5.97 Å². The standard InChI is InChI=1S/C22H23N3O2/c1-16(26)27-22(19-8-3-2-4-9-19)20-13-12-18-11-10-17(21(18)15-20)7-5-6-14-24-25-23/h2-4,7-9,12-13,15,22H,5-6,10-11,14H2,1H3. The van der Waals surface area contributed by atoms with Gasteiger partial charge in [0.15, 0.2) is 6.10 Å². The van der Waals surface area contributed by atoms with E-state index in [1.807, 2.05) is 30.3 Å². The lowest BCUT2D eigenvalue weighted by molar-refractivity contribution is -0.144. The molecule has 2 aromatic carbocycles. The Hall–Kier alpha value is -3.04. The lowest BCUT2D eigenvalue weighted by atomic mass is 9.96. The Bertz CT molecular complexity index is 884. The largest absolute Gasteiger partial charge is 0.453 e. The summed E-state index contributed by atoms with van der Waals surface area (Å²) in [6.45, 7) is 1.97. The zero-order chi connectivity index (χ0) is 19.1. The molecule has 27 heavy (non-hydrogen) atoms. The summed E-state index contributed by atoms with van der Waals surface area (Å²) in [5, 5.41) is 3.58. The molecule has 5 heteroatoms. The van der Waals surface area contributed by atoms with Crippen LogP contribution in [0.25, 0.3) is 16.0 Å². The molecule has 0 radical (unpaired) electrons. The second-order valence-corrected chi connectivity index (χ2v) is 6.64. The monoisotopic (exact) mass is 361 g/mol. The lowest BCUT2D eigenvalue weighted by Gasteiger charge is -2.19. The number of hydrogen-bond acceptors (Lipinski definition) is 3. The summed E-state index contributed by atoms with van der Waals surface area (Å²) in [7, 11) is 0. The number of esters is 1. The molecule has 0 N–H and O–H groups in total. The van der Waals surface area contributed by atoms with Gasteiger partial charge in [-0.1, -0.05) is 53.7 Å². The van der Waals surface area contributed by atoms with Crippen molar-refractivity contribution in [1.82, 2.24) is 0 Å². The molecule has 0 amide bonds. The molecule has 1 aliphatic carbocycles. The normalized spacial score (nSPS) is 15.1. The molecule has 0 saturated heterocycles. The fourth-order valence-electron chi connectivity index (χ4n) is 3.50. The van der Waals surface area contributed by atoms with Gasteiger partial charge in [-0.15, -0.1) is 0 Å². The summed E-state index contributed by atoms with van der Waals surface area (Å²) in [6, 6.07) is 16.2. The van der Waals surface area contributed by atoms with Crippen LogP contribution in [0.3, 0.4) is 0 Å². The molecule has 1 unspecified atom stereocenters. The second kappa shape index (κ2) is 9.06. The smallest absolute Gasteiger partial charge is 0.303 e. The van der Waals surface area contributed by atoms with Crippen molar-refractivity contribution in [3.05, 3.63) is 87.3 Å². The van der Waals surface area contributed by atoms with Gasteiger partial charge in [0.05, 0.1) is 0 Å². The number of benzene rings is 2. The molecule has 0 heterocycles. The molecule has 5 nitrogen and oxygen atoms in total. The quantitative estimate of drug-likeness (QED) is 0.207. The van der Waals surface area contributed by atoms with Crippen molar-refractivity contribution >= 4 is 11.5 Å². The molecular formula is C22H23N3O2. The molecule has 1 atom stereocenters. The number of nitrogens with zero attached hydrogens (tertiary/aromatic N) is 3. The molecule has 3 rings (SSSR count). The van der Waals surface area contributed by atoms with E-state index in [1.54, 1.807) is 0 Å². The summed E-state index contributed by atoms with van der Waals surface area (Å²) in [5.41, 5.74) is 14.2. The number of allylic oxidation sites excluding steroid dienone is 2. The first-order chi connectivity index (χ1) is 13.2. The highest BCUT2D eigenvalue weighted by Gasteiger charge is 2.22. The summed E-state index contributed by atoms with van der Waals surface area (Å²) in [4.78, 5) is 14.4. The van der Waals surface area contributed by atoms with Crippen molar-refractivity contribution in [2.24, 2.45) is 5.11 Å². The third-order valence-corrected chi connectivity index (χ3v) is 4.75. The minimum atomic E-state index is -0.402. The van der Waals surface area contributed by atoms with Gasteiger partial charge >= 0.3 is 5.97 Å².